The highest BCUT2D eigenvalue weighted by molar-refractivity contribution is 8.00. The van der Waals surface area contributed by atoms with Crippen molar-refractivity contribution < 1.29 is 9.53 Å². The minimum atomic E-state index is -0.0278. The van der Waals surface area contributed by atoms with Gasteiger partial charge in [-0.1, -0.05) is 18.2 Å². The summed E-state index contributed by atoms with van der Waals surface area (Å²) < 4.78 is 7.31. The molecular formula is C14H23N3O2S. The number of hydrogen-bond acceptors (Lipinski definition) is 4. The first kappa shape index (κ1) is 15.4. The van der Waals surface area contributed by atoms with Gasteiger partial charge in [0.1, 0.15) is 0 Å². The van der Waals surface area contributed by atoms with Crippen molar-refractivity contribution in [1.29, 1.82) is 0 Å². The number of nitrogens with one attached hydrogen (secondary N) is 1. The Morgan fingerprint density at radius 1 is 1.45 bits per heavy atom. The van der Waals surface area contributed by atoms with Crippen molar-refractivity contribution in [3.63, 3.8) is 0 Å². The molecule has 20 heavy (non-hydrogen) atoms. The predicted molar refractivity (Wildman–Crippen MR) is 80.1 cm³/mol. The molecule has 1 fully saturated rings. The Morgan fingerprint density at radius 3 is 3.00 bits per heavy atom. The van der Waals surface area contributed by atoms with Crippen LogP contribution in [0.25, 0.3) is 0 Å². The lowest BCUT2D eigenvalue weighted by Crippen LogP contribution is -2.30. The molecule has 1 unspecified atom stereocenters. The van der Waals surface area contributed by atoms with Gasteiger partial charge in [0, 0.05) is 25.9 Å². The molecule has 1 aliphatic rings. The van der Waals surface area contributed by atoms with Crippen LogP contribution in [0.5, 0.6) is 0 Å². The third kappa shape index (κ3) is 3.55. The molecule has 0 radical (unpaired) electrons. The quantitative estimate of drug-likeness (QED) is 0.902. The van der Waals surface area contributed by atoms with E-state index in [1.165, 1.54) is 0 Å². The van der Waals surface area contributed by atoms with E-state index in [-0.39, 0.29) is 11.2 Å². The van der Waals surface area contributed by atoms with Crippen LogP contribution in [0.15, 0.2) is 5.16 Å². The van der Waals surface area contributed by atoms with Gasteiger partial charge in [-0.25, -0.2) is 4.98 Å². The first-order valence-electron chi connectivity index (χ1n) is 7.10. The number of imidazole rings is 1. The van der Waals surface area contributed by atoms with Crippen molar-refractivity contribution in [3.8, 4) is 0 Å². The van der Waals surface area contributed by atoms with Crippen LogP contribution in [0.4, 0.5) is 0 Å². The molecule has 112 valence electrons. The highest BCUT2D eigenvalue weighted by atomic mass is 32.2. The van der Waals surface area contributed by atoms with Gasteiger partial charge >= 0.3 is 0 Å². The third-order valence-electron chi connectivity index (χ3n) is 3.67. The maximum absolute atomic E-state index is 12.0. The fourth-order valence-corrected chi connectivity index (χ4v) is 3.58. The van der Waals surface area contributed by atoms with Crippen LogP contribution in [-0.2, 0) is 16.1 Å². The number of hydrogen-bond donors (Lipinski definition) is 1. The second-order valence-electron chi connectivity index (χ2n) is 5.10. The molecule has 0 spiro atoms. The summed E-state index contributed by atoms with van der Waals surface area (Å²) in [6.45, 7) is 6.30. The van der Waals surface area contributed by atoms with Gasteiger partial charge in [-0.3, -0.25) is 4.79 Å². The number of carbonyl (C=O) groups excluding carboxylic acids is 1. The van der Waals surface area contributed by atoms with Gasteiger partial charge < -0.3 is 14.6 Å². The zero-order valence-corrected chi connectivity index (χ0v) is 13.3. The van der Waals surface area contributed by atoms with E-state index < -0.39 is 0 Å². The van der Waals surface area contributed by atoms with Crippen LogP contribution in [-0.4, -0.2) is 41.0 Å². The van der Waals surface area contributed by atoms with Gasteiger partial charge in [0.15, 0.2) is 5.16 Å². The fraction of sp³-hybridized carbons (Fsp3) is 0.714. The van der Waals surface area contributed by atoms with Crippen molar-refractivity contribution in [2.45, 2.75) is 50.1 Å². The maximum atomic E-state index is 12.0. The van der Waals surface area contributed by atoms with Crippen LogP contribution in [0, 0.1) is 13.8 Å². The van der Waals surface area contributed by atoms with E-state index in [4.69, 9.17) is 4.74 Å². The van der Waals surface area contributed by atoms with E-state index >= 15 is 0 Å². The van der Waals surface area contributed by atoms with E-state index in [2.05, 4.69) is 21.8 Å². The Kier molecular flexibility index (Phi) is 5.48. The SMILES string of the molecule is COCCn1c(SC2CCCCNC2=O)nc(C)c1C. The fourth-order valence-electron chi connectivity index (χ4n) is 2.31. The highest BCUT2D eigenvalue weighted by Crippen LogP contribution is 2.29. The number of nitrogens with zero attached hydrogens (tertiary/aromatic N) is 2. The molecular weight excluding hydrogens is 274 g/mol. The molecule has 1 aromatic rings. The summed E-state index contributed by atoms with van der Waals surface area (Å²) in [6, 6.07) is 0. The minimum absolute atomic E-state index is 0.0278. The molecule has 1 aliphatic heterocycles. The molecule has 6 heteroatoms. The van der Waals surface area contributed by atoms with Crippen LogP contribution in [0.2, 0.25) is 0 Å². The summed E-state index contributed by atoms with van der Waals surface area (Å²) in [5, 5.41) is 3.88. The summed E-state index contributed by atoms with van der Waals surface area (Å²) in [5.41, 5.74) is 2.18. The molecule has 0 bridgehead atoms. The number of rotatable bonds is 5. The van der Waals surface area contributed by atoms with Gasteiger partial charge in [0.05, 0.1) is 17.6 Å². The summed E-state index contributed by atoms with van der Waals surface area (Å²) in [6.07, 6.45) is 3.08. The number of aromatic nitrogens is 2. The molecule has 5 nitrogen and oxygen atoms in total. The van der Waals surface area contributed by atoms with E-state index in [0.717, 1.165) is 48.9 Å². The molecule has 0 aromatic carbocycles. The first-order valence-corrected chi connectivity index (χ1v) is 7.98. The number of aryl methyl sites for hydroxylation is 1. The Bertz CT molecular complexity index is 473. The zero-order valence-electron chi connectivity index (χ0n) is 12.4. The minimum Gasteiger partial charge on any atom is -0.383 e. The third-order valence-corrected chi connectivity index (χ3v) is 4.93. The summed E-state index contributed by atoms with van der Waals surface area (Å²) >= 11 is 1.58. The molecule has 0 saturated carbocycles. The molecule has 0 aliphatic carbocycles. The average molecular weight is 297 g/mol. The Labute approximate surface area is 124 Å². The highest BCUT2D eigenvalue weighted by Gasteiger charge is 2.24. The molecule has 1 amide bonds. The van der Waals surface area contributed by atoms with Crippen molar-refractivity contribution >= 4 is 17.7 Å². The monoisotopic (exact) mass is 297 g/mol. The number of ether oxygens (including phenoxy) is 1. The van der Waals surface area contributed by atoms with Gasteiger partial charge in [0.25, 0.3) is 0 Å². The standard InChI is InChI=1S/C14H23N3O2S/c1-10-11(2)17(8-9-19-3)14(16-10)20-12-6-4-5-7-15-13(12)18/h12H,4-9H2,1-3H3,(H,15,18). The van der Waals surface area contributed by atoms with Crippen molar-refractivity contribution in [2.75, 3.05) is 20.3 Å². The van der Waals surface area contributed by atoms with Crippen LogP contribution >= 0.6 is 11.8 Å². The molecule has 1 aromatic heterocycles. The largest absolute Gasteiger partial charge is 0.383 e. The Hall–Kier alpha value is -1.01. The number of thioether (sulfide) groups is 1. The van der Waals surface area contributed by atoms with Crippen LogP contribution in [0.1, 0.15) is 30.7 Å². The Balaban J connectivity index is 2.14. The summed E-state index contributed by atoms with van der Waals surface area (Å²) in [4.78, 5) is 16.7. The molecule has 1 saturated heterocycles. The van der Waals surface area contributed by atoms with Crippen molar-refractivity contribution in [1.82, 2.24) is 14.9 Å². The summed E-state index contributed by atoms with van der Waals surface area (Å²) in [5.74, 6) is 0.143. The van der Waals surface area contributed by atoms with E-state index in [0.29, 0.717) is 6.61 Å². The van der Waals surface area contributed by atoms with E-state index in [1.807, 2.05) is 6.92 Å². The maximum Gasteiger partial charge on any atom is 0.233 e. The van der Waals surface area contributed by atoms with Gasteiger partial charge in [-0.15, -0.1) is 0 Å². The van der Waals surface area contributed by atoms with Crippen LogP contribution in [0.3, 0.4) is 0 Å². The normalized spacial score (nSPS) is 19.8. The lowest BCUT2D eigenvalue weighted by Gasteiger charge is -2.14. The zero-order chi connectivity index (χ0) is 14.5. The Morgan fingerprint density at radius 2 is 2.25 bits per heavy atom. The smallest absolute Gasteiger partial charge is 0.233 e. The number of amides is 1. The molecule has 2 rings (SSSR count). The second kappa shape index (κ2) is 7.13. The lowest BCUT2D eigenvalue weighted by molar-refractivity contribution is -0.120. The number of methoxy groups -OCH3 is 1. The van der Waals surface area contributed by atoms with Crippen molar-refractivity contribution in [3.05, 3.63) is 11.4 Å². The molecule has 2 heterocycles. The first-order chi connectivity index (χ1) is 9.63. The van der Waals surface area contributed by atoms with Crippen LogP contribution < -0.4 is 5.32 Å². The predicted octanol–water partition coefficient (Wildman–Crippen LogP) is 1.91. The van der Waals surface area contributed by atoms with E-state index in [1.54, 1.807) is 18.9 Å². The van der Waals surface area contributed by atoms with Gasteiger partial charge in [0.2, 0.25) is 5.91 Å². The number of carbonyl (C=O) groups is 1. The second-order valence-corrected chi connectivity index (χ2v) is 6.27. The van der Waals surface area contributed by atoms with Gasteiger partial charge in [-0.2, -0.15) is 0 Å². The topological polar surface area (TPSA) is 56.1 Å². The lowest BCUT2D eigenvalue weighted by atomic mass is 10.2. The van der Waals surface area contributed by atoms with Gasteiger partial charge in [-0.05, 0) is 26.7 Å². The summed E-state index contributed by atoms with van der Waals surface area (Å²) in [7, 11) is 1.70. The van der Waals surface area contributed by atoms with Crippen molar-refractivity contribution in [2.24, 2.45) is 0 Å². The average Bonchev–Trinajstić information content (AvgIpc) is 2.58. The van der Waals surface area contributed by atoms with E-state index in [9.17, 15) is 4.79 Å². The molecule has 1 N–H and O–H groups in total. The molecule has 1 atom stereocenters.